The molecule has 1 saturated carbocycles. The molecule has 0 saturated heterocycles. The average molecular weight is 161 g/mol. The van der Waals surface area contributed by atoms with Crippen molar-refractivity contribution < 1.29 is 0 Å². The quantitative estimate of drug-likeness (QED) is 0.568. The number of nitrogens with zero attached hydrogens (tertiary/aromatic N) is 1. The molecule has 2 nitrogen and oxygen atoms in total. The van der Waals surface area contributed by atoms with Gasteiger partial charge in [0.1, 0.15) is 0 Å². The predicted molar refractivity (Wildman–Crippen MR) is 44.6 cm³/mol. The monoisotopic (exact) mass is 160 g/mol. The van der Waals surface area contributed by atoms with Gasteiger partial charge in [-0.1, -0.05) is 6.92 Å². The fourth-order valence-corrected chi connectivity index (χ4v) is 1.70. The summed E-state index contributed by atoms with van der Waals surface area (Å²) in [6.07, 6.45) is 2.38. The molecule has 2 rings (SSSR count). The van der Waals surface area contributed by atoms with Crippen LogP contribution in [0.1, 0.15) is 19.8 Å². The standard InChI is InChI=1S/C7H12N2.ClH/c1-7-2-5(7)4-9-6(8)3-7;/h5H,2-4H2,1H3,(H2,8,9);1H. The van der Waals surface area contributed by atoms with Crippen LogP contribution in [0, 0.1) is 11.3 Å². The van der Waals surface area contributed by atoms with Gasteiger partial charge >= 0.3 is 0 Å². The second-order valence-electron chi connectivity index (χ2n) is 3.56. The second kappa shape index (κ2) is 2.12. The number of rotatable bonds is 0. The summed E-state index contributed by atoms with van der Waals surface area (Å²) in [5, 5.41) is 0. The molecule has 0 bridgehead atoms. The van der Waals surface area contributed by atoms with Crippen LogP contribution in [0.3, 0.4) is 0 Å². The van der Waals surface area contributed by atoms with Gasteiger partial charge in [0.25, 0.3) is 0 Å². The molecule has 10 heavy (non-hydrogen) atoms. The van der Waals surface area contributed by atoms with E-state index in [9.17, 15) is 0 Å². The molecule has 2 unspecified atom stereocenters. The van der Waals surface area contributed by atoms with Crippen molar-refractivity contribution in [2.75, 3.05) is 6.54 Å². The van der Waals surface area contributed by atoms with Crippen molar-refractivity contribution >= 4 is 18.2 Å². The zero-order chi connectivity index (χ0) is 6.48. The number of nitrogens with two attached hydrogens (primary N) is 1. The molecule has 58 valence electrons. The molecule has 1 aliphatic heterocycles. The van der Waals surface area contributed by atoms with E-state index >= 15 is 0 Å². The van der Waals surface area contributed by atoms with Crippen LogP contribution in [0.25, 0.3) is 0 Å². The van der Waals surface area contributed by atoms with E-state index in [1.54, 1.807) is 0 Å². The lowest BCUT2D eigenvalue weighted by Gasteiger charge is -2.14. The highest BCUT2D eigenvalue weighted by Gasteiger charge is 2.51. The van der Waals surface area contributed by atoms with E-state index in [1.807, 2.05) is 0 Å². The van der Waals surface area contributed by atoms with Crippen LogP contribution in [-0.4, -0.2) is 12.4 Å². The van der Waals surface area contributed by atoms with Gasteiger partial charge < -0.3 is 5.73 Å². The molecule has 0 aromatic heterocycles. The lowest BCUT2D eigenvalue weighted by Crippen LogP contribution is -2.22. The zero-order valence-electron chi connectivity index (χ0n) is 6.13. The predicted octanol–water partition coefficient (Wildman–Crippen LogP) is 1.20. The summed E-state index contributed by atoms with van der Waals surface area (Å²) in [6.45, 7) is 3.29. The Balaban J connectivity index is 0.000000500. The lowest BCUT2D eigenvalue weighted by atomic mass is 9.99. The summed E-state index contributed by atoms with van der Waals surface area (Å²) in [7, 11) is 0. The number of amidine groups is 1. The Kier molecular flexibility index (Phi) is 1.67. The van der Waals surface area contributed by atoms with Gasteiger partial charge in [0.05, 0.1) is 5.84 Å². The van der Waals surface area contributed by atoms with Gasteiger partial charge in [0, 0.05) is 13.0 Å². The fourth-order valence-electron chi connectivity index (χ4n) is 1.70. The normalized spacial score (nSPS) is 42.9. The van der Waals surface area contributed by atoms with Crippen molar-refractivity contribution in [3.63, 3.8) is 0 Å². The third-order valence-corrected chi connectivity index (χ3v) is 2.64. The van der Waals surface area contributed by atoms with Crippen molar-refractivity contribution in [2.45, 2.75) is 19.8 Å². The molecule has 1 aliphatic carbocycles. The molecule has 0 aromatic rings. The summed E-state index contributed by atoms with van der Waals surface area (Å²) in [6, 6.07) is 0. The van der Waals surface area contributed by atoms with Crippen LogP contribution in [-0.2, 0) is 0 Å². The van der Waals surface area contributed by atoms with Crippen molar-refractivity contribution in [3.05, 3.63) is 0 Å². The molecular formula is C7H13ClN2. The maximum Gasteiger partial charge on any atom is 0.0942 e. The van der Waals surface area contributed by atoms with Crippen molar-refractivity contribution in [2.24, 2.45) is 22.1 Å². The Hall–Kier alpha value is -0.240. The van der Waals surface area contributed by atoms with Crippen LogP contribution in [0.4, 0.5) is 0 Å². The minimum Gasteiger partial charge on any atom is -0.387 e. The first-order chi connectivity index (χ1) is 4.21. The van der Waals surface area contributed by atoms with Gasteiger partial charge in [0.15, 0.2) is 0 Å². The Morgan fingerprint density at radius 1 is 1.70 bits per heavy atom. The Morgan fingerprint density at radius 3 is 2.90 bits per heavy atom. The van der Waals surface area contributed by atoms with E-state index in [-0.39, 0.29) is 12.4 Å². The van der Waals surface area contributed by atoms with Gasteiger partial charge in [0.2, 0.25) is 0 Å². The molecule has 0 spiro atoms. The van der Waals surface area contributed by atoms with Crippen LogP contribution >= 0.6 is 12.4 Å². The number of hydrogen-bond donors (Lipinski definition) is 1. The lowest BCUT2D eigenvalue weighted by molar-refractivity contribution is 0.508. The van der Waals surface area contributed by atoms with Crippen molar-refractivity contribution in [1.29, 1.82) is 0 Å². The summed E-state index contributed by atoms with van der Waals surface area (Å²) < 4.78 is 0. The third kappa shape index (κ3) is 1.01. The van der Waals surface area contributed by atoms with E-state index in [1.165, 1.54) is 6.42 Å². The summed E-state index contributed by atoms with van der Waals surface area (Å²) in [5.41, 5.74) is 6.15. The summed E-state index contributed by atoms with van der Waals surface area (Å²) in [5.74, 6) is 1.73. The van der Waals surface area contributed by atoms with E-state index in [0.717, 1.165) is 24.7 Å². The fraction of sp³-hybridized carbons (Fsp3) is 0.857. The third-order valence-electron chi connectivity index (χ3n) is 2.64. The Labute approximate surface area is 67.3 Å². The number of halogens is 1. The van der Waals surface area contributed by atoms with Gasteiger partial charge in [-0.2, -0.15) is 0 Å². The number of hydrogen-bond acceptors (Lipinski definition) is 2. The first-order valence-electron chi connectivity index (χ1n) is 3.49. The largest absolute Gasteiger partial charge is 0.387 e. The van der Waals surface area contributed by atoms with Crippen LogP contribution in [0.15, 0.2) is 4.99 Å². The molecule has 0 aromatic carbocycles. The molecule has 0 radical (unpaired) electrons. The van der Waals surface area contributed by atoms with Gasteiger partial charge in [-0.25, -0.2) is 0 Å². The molecule has 2 atom stereocenters. The maximum atomic E-state index is 5.59. The van der Waals surface area contributed by atoms with Gasteiger partial charge in [-0.05, 0) is 17.8 Å². The molecule has 2 N–H and O–H groups in total. The molecular weight excluding hydrogens is 148 g/mol. The van der Waals surface area contributed by atoms with E-state index in [0.29, 0.717) is 5.41 Å². The number of aliphatic imine (C=N–C) groups is 1. The second-order valence-corrected chi connectivity index (χ2v) is 3.56. The summed E-state index contributed by atoms with van der Waals surface area (Å²) in [4.78, 5) is 4.19. The summed E-state index contributed by atoms with van der Waals surface area (Å²) >= 11 is 0. The van der Waals surface area contributed by atoms with E-state index < -0.39 is 0 Å². The van der Waals surface area contributed by atoms with Gasteiger partial charge in [-0.15, -0.1) is 12.4 Å². The smallest absolute Gasteiger partial charge is 0.0942 e. The van der Waals surface area contributed by atoms with Crippen molar-refractivity contribution in [1.82, 2.24) is 0 Å². The maximum absolute atomic E-state index is 5.59. The van der Waals surface area contributed by atoms with Crippen LogP contribution in [0.5, 0.6) is 0 Å². The highest BCUT2D eigenvalue weighted by Crippen LogP contribution is 2.56. The molecule has 3 heteroatoms. The highest BCUT2D eigenvalue weighted by atomic mass is 35.5. The van der Waals surface area contributed by atoms with Crippen molar-refractivity contribution in [3.8, 4) is 0 Å². The SMILES string of the molecule is CC12CC(N)=NCC1C2.Cl. The van der Waals surface area contributed by atoms with Gasteiger partial charge in [-0.3, -0.25) is 4.99 Å². The average Bonchev–Trinajstić information content (AvgIpc) is 2.38. The highest BCUT2D eigenvalue weighted by molar-refractivity contribution is 5.85. The van der Waals surface area contributed by atoms with E-state index in [2.05, 4.69) is 11.9 Å². The number of fused-ring (bicyclic) bond motifs is 1. The minimum atomic E-state index is 0. The molecule has 1 heterocycles. The Morgan fingerprint density at radius 2 is 2.40 bits per heavy atom. The molecule has 2 aliphatic rings. The topological polar surface area (TPSA) is 38.4 Å². The van der Waals surface area contributed by atoms with Crippen LogP contribution in [0.2, 0.25) is 0 Å². The Bertz CT molecular complexity index is 178. The van der Waals surface area contributed by atoms with E-state index in [4.69, 9.17) is 5.73 Å². The first kappa shape index (κ1) is 7.86. The molecule has 0 amide bonds. The minimum absolute atomic E-state index is 0. The van der Waals surface area contributed by atoms with Crippen LogP contribution < -0.4 is 5.73 Å². The molecule has 1 fully saturated rings. The zero-order valence-corrected chi connectivity index (χ0v) is 6.95. The first-order valence-corrected chi connectivity index (χ1v) is 3.49.